The highest BCUT2D eigenvalue weighted by molar-refractivity contribution is 14.1. The molecule has 0 saturated heterocycles. The number of rotatable bonds is 5. The molecule has 0 spiro atoms. The predicted molar refractivity (Wildman–Crippen MR) is 158 cm³/mol. The predicted octanol–water partition coefficient (Wildman–Crippen LogP) is 4.95. The molecular weight excluding hydrogens is 611 g/mol. The van der Waals surface area contributed by atoms with Crippen LogP contribution in [0.4, 0.5) is 0 Å². The number of thiazole rings is 1. The van der Waals surface area contributed by atoms with E-state index < -0.39 is 0 Å². The fourth-order valence-electron chi connectivity index (χ4n) is 5.28. The molecule has 1 unspecified atom stereocenters. The van der Waals surface area contributed by atoms with Crippen LogP contribution in [0.15, 0.2) is 76.0 Å². The molecule has 1 aliphatic carbocycles. The molecule has 0 N–H and O–H groups in total. The van der Waals surface area contributed by atoms with E-state index in [0.717, 1.165) is 50.1 Å². The molecule has 8 heteroatoms. The minimum Gasteiger partial charge on any atom is -0.497 e. The maximum Gasteiger partial charge on any atom is 0.271 e. The Morgan fingerprint density at radius 1 is 0.974 bits per heavy atom. The first-order valence-corrected chi connectivity index (χ1v) is 14.1. The van der Waals surface area contributed by atoms with Gasteiger partial charge in [0.1, 0.15) is 17.2 Å². The summed E-state index contributed by atoms with van der Waals surface area (Å²) in [5.41, 5.74) is 6.23. The monoisotopic (exact) mass is 636 g/mol. The van der Waals surface area contributed by atoms with Gasteiger partial charge < -0.3 is 14.2 Å². The average Bonchev–Trinajstić information content (AvgIpc) is 3.25. The highest BCUT2D eigenvalue weighted by Gasteiger charge is 2.34. The Balaban J connectivity index is 1.63. The quantitative estimate of drug-likeness (QED) is 0.291. The first-order chi connectivity index (χ1) is 18.5. The standard InChI is InChI=1S/C30H25IN2O4S/c1-35-19-10-13-24(36-2)22(16-19)28-21-11-9-18-6-4-5-7-20(18)27(21)32-30-33(28)29(34)26(38-30)15-17-8-12-25(37-3)23(31)14-17/h4-8,10,12-16,28H,9,11H2,1-3H3. The fraction of sp³-hybridized carbons (Fsp3) is 0.200. The van der Waals surface area contributed by atoms with Gasteiger partial charge >= 0.3 is 0 Å². The molecule has 2 heterocycles. The third kappa shape index (κ3) is 4.16. The van der Waals surface area contributed by atoms with Gasteiger partial charge in [0.25, 0.3) is 5.56 Å². The molecule has 3 aromatic carbocycles. The number of nitrogens with zero attached hydrogens (tertiary/aromatic N) is 2. The second-order valence-corrected chi connectivity index (χ2v) is 11.3. The summed E-state index contributed by atoms with van der Waals surface area (Å²) in [6, 6.07) is 19.7. The molecule has 1 atom stereocenters. The van der Waals surface area contributed by atoms with Crippen molar-refractivity contribution in [1.82, 2.24) is 4.57 Å². The number of halogens is 1. The van der Waals surface area contributed by atoms with E-state index in [4.69, 9.17) is 19.2 Å². The van der Waals surface area contributed by atoms with Gasteiger partial charge in [-0.3, -0.25) is 9.36 Å². The van der Waals surface area contributed by atoms with Crippen molar-refractivity contribution in [3.8, 4) is 17.2 Å². The molecular formula is C30H25IN2O4S. The van der Waals surface area contributed by atoms with Crippen LogP contribution >= 0.6 is 33.9 Å². The lowest BCUT2D eigenvalue weighted by Crippen LogP contribution is -2.39. The first kappa shape index (κ1) is 24.9. The van der Waals surface area contributed by atoms with Crippen LogP contribution in [0.25, 0.3) is 11.8 Å². The molecule has 0 fully saturated rings. The van der Waals surface area contributed by atoms with Crippen LogP contribution < -0.4 is 29.1 Å². The molecule has 192 valence electrons. The minimum atomic E-state index is -0.349. The third-order valence-corrected chi connectivity index (χ3v) is 8.90. The zero-order valence-corrected chi connectivity index (χ0v) is 24.1. The van der Waals surface area contributed by atoms with Gasteiger partial charge in [-0.2, -0.15) is 0 Å². The molecule has 4 aromatic rings. The van der Waals surface area contributed by atoms with E-state index in [0.29, 0.717) is 20.8 Å². The Bertz CT molecular complexity index is 1790. The van der Waals surface area contributed by atoms with Gasteiger partial charge in [-0.25, -0.2) is 4.99 Å². The molecule has 6 nitrogen and oxygen atoms in total. The van der Waals surface area contributed by atoms with Gasteiger partial charge in [0.15, 0.2) is 4.80 Å². The Morgan fingerprint density at radius 3 is 2.53 bits per heavy atom. The highest BCUT2D eigenvalue weighted by atomic mass is 127. The van der Waals surface area contributed by atoms with Crippen molar-refractivity contribution in [3.63, 3.8) is 0 Å². The van der Waals surface area contributed by atoms with Crippen molar-refractivity contribution in [1.29, 1.82) is 0 Å². The van der Waals surface area contributed by atoms with Crippen LogP contribution in [-0.2, 0) is 6.42 Å². The number of hydrogen-bond acceptors (Lipinski definition) is 6. The minimum absolute atomic E-state index is 0.0696. The normalized spacial score (nSPS) is 16.3. The van der Waals surface area contributed by atoms with Crippen LogP contribution in [0.5, 0.6) is 17.2 Å². The van der Waals surface area contributed by atoms with Gasteiger partial charge in [0, 0.05) is 11.1 Å². The first-order valence-electron chi connectivity index (χ1n) is 12.2. The number of fused-ring (bicyclic) bond motifs is 3. The van der Waals surface area contributed by atoms with E-state index in [1.54, 1.807) is 21.3 Å². The molecule has 0 saturated carbocycles. The fourth-order valence-corrected chi connectivity index (χ4v) is 7.04. The lowest BCUT2D eigenvalue weighted by atomic mass is 9.83. The van der Waals surface area contributed by atoms with Crippen molar-refractivity contribution in [2.45, 2.75) is 18.9 Å². The third-order valence-electron chi connectivity index (χ3n) is 7.08. The number of allylic oxidation sites excluding steroid dienone is 1. The van der Waals surface area contributed by atoms with Crippen molar-refractivity contribution in [3.05, 3.63) is 112 Å². The molecule has 2 aliphatic rings. The Kier molecular flexibility index (Phi) is 6.61. The molecule has 0 amide bonds. The van der Waals surface area contributed by atoms with E-state index in [2.05, 4.69) is 40.8 Å². The molecule has 0 bridgehead atoms. The summed E-state index contributed by atoms with van der Waals surface area (Å²) < 4.78 is 20.2. The van der Waals surface area contributed by atoms with Gasteiger partial charge in [-0.05, 0) is 88.5 Å². The molecule has 1 aliphatic heterocycles. The Hall–Kier alpha value is -3.37. The van der Waals surface area contributed by atoms with E-state index in [1.165, 1.54) is 16.9 Å². The molecule has 6 rings (SSSR count). The molecule has 1 aromatic heterocycles. The van der Waals surface area contributed by atoms with E-state index in [1.807, 2.05) is 53.1 Å². The smallest absolute Gasteiger partial charge is 0.271 e. The zero-order chi connectivity index (χ0) is 26.4. The van der Waals surface area contributed by atoms with Crippen molar-refractivity contribution >= 4 is 45.7 Å². The largest absolute Gasteiger partial charge is 0.497 e. The van der Waals surface area contributed by atoms with Crippen LogP contribution in [0, 0.1) is 3.57 Å². The van der Waals surface area contributed by atoms with Gasteiger partial charge in [0.05, 0.1) is 41.2 Å². The van der Waals surface area contributed by atoms with Crippen LogP contribution in [0.1, 0.15) is 34.7 Å². The molecule has 38 heavy (non-hydrogen) atoms. The summed E-state index contributed by atoms with van der Waals surface area (Å²) in [5, 5.41) is 0. The number of hydrogen-bond donors (Lipinski definition) is 0. The SMILES string of the molecule is COc1ccc(OC)c(C2C3=C(N=c4sc(=Cc5ccc(OC)c(I)c5)c(=O)n42)c2ccccc2CC3)c1. The summed E-state index contributed by atoms with van der Waals surface area (Å²) in [7, 11) is 4.96. The number of aryl methyl sites for hydroxylation is 1. The van der Waals surface area contributed by atoms with Crippen LogP contribution in [0.2, 0.25) is 0 Å². The summed E-state index contributed by atoms with van der Waals surface area (Å²) in [6.45, 7) is 0. The number of ether oxygens (including phenoxy) is 3. The highest BCUT2D eigenvalue weighted by Crippen LogP contribution is 2.44. The van der Waals surface area contributed by atoms with Crippen molar-refractivity contribution in [2.24, 2.45) is 4.99 Å². The lowest BCUT2D eigenvalue weighted by Gasteiger charge is -2.31. The summed E-state index contributed by atoms with van der Waals surface area (Å²) >= 11 is 3.66. The average molecular weight is 637 g/mol. The maximum absolute atomic E-state index is 14.0. The van der Waals surface area contributed by atoms with Gasteiger partial charge in [-0.1, -0.05) is 41.7 Å². The van der Waals surface area contributed by atoms with Gasteiger partial charge in [0.2, 0.25) is 0 Å². The molecule has 0 radical (unpaired) electrons. The second kappa shape index (κ2) is 10.1. The summed E-state index contributed by atoms with van der Waals surface area (Å²) in [4.78, 5) is 19.8. The topological polar surface area (TPSA) is 62.0 Å². The second-order valence-electron chi connectivity index (χ2n) is 9.12. The summed E-state index contributed by atoms with van der Waals surface area (Å²) in [6.07, 6.45) is 3.63. The van der Waals surface area contributed by atoms with Crippen molar-refractivity contribution < 1.29 is 14.2 Å². The summed E-state index contributed by atoms with van der Waals surface area (Å²) in [5.74, 6) is 2.23. The number of benzene rings is 3. The maximum atomic E-state index is 14.0. The van der Waals surface area contributed by atoms with Crippen LogP contribution in [-0.4, -0.2) is 25.9 Å². The number of methoxy groups -OCH3 is 3. The van der Waals surface area contributed by atoms with E-state index in [-0.39, 0.29) is 11.6 Å². The van der Waals surface area contributed by atoms with Crippen LogP contribution in [0.3, 0.4) is 0 Å². The van der Waals surface area contributed by atoms with Crippen molar-refractivity contribution in [2.75, 3.05) is 21.3 Å². The Morgan fingerprint density at radius 2 is 1.76 bits per heavy atom. The zero-order valence-electron chi connectivity index (χ0n) is 21.2. The number of aromatic nitrogens is 1. The Labute approximate surface area is 237 Å². The van der Waals surface area contributed by atoms with Gasteiger partial charge in [-0.15, -0.1) is 0 Å². The van der Waals surface area contributed by atoms with E-state index >= 15 is 0 Å². The van der Waals surface area contributed by atoms with E-state index in [9.17, 15) is 4.79 Å². The lowest BCUT2D eigenvalue weighted by molar-refractivity contribution is 0.392.